The zero-order valence-corrected chi connectivity index (χ0v) is 11.5. The number of hydrogen-bond donors (Lipinski definition) is 2. The van der Waals surface area contributed by atoms with Crippen molar-refractivity contribution in [1.82, 2.24) is 10.2 Å². The Morgan fingerprint density at radius 1 is 1.44 bits per heavy atom. The average molecular weight is 256 g/mol. The fraction of sp³-hybridized carbons (Fsp3) is 0.846. The molecular weight excluding hydrogens is 232 g/mol. The second kappa shape index (κ2) is 6.18. The van der Waals surface area contributed by atoms with Crippen molar-refractivity contribution in [1.29, 1.82) is 0 Å². The topological polar surface area (TPSA) is 69.6 Å². The van der Waals surface area contributed by atoms with Crippen molar-refractivity contribution in [3.8, 4) is 0 Å². The quantitative estimate of drug-likeness (QED) is 0.768. The monoisotopic (exact) mass is 256 g/mol. The molecule has 0 radical (unpaired) electrons. The van der Waals surface area contributed by atoms with Crippen molar-refractivity contribution in [3.05, 3.63) is 0 Å². The molecule has 1 fully saturated rings. The van der Waals surface area contributed by atoms with Gasteiger partial charge in [0.15, 0.2) is 0 Å². The molecule has 2 N–H and O–H groups in total. The van der Waals surface area contributed by atoms with Crippen molar-refractivity contribution >= 4 is 11.9 Å². The number of hydrogen-bond acceptors (Lipinski definition) is 3. The van der Waals surface area contributed by atoms with Crippen LogP contribution in [0.5, 0.6) is 0 Å². The van der Waals surface area contributed by atoms with Gasteiger partial charge in [-0.1, -0.05) is 0 Å². The van der Waals surface area contributed by atoms with Gasteiger partial charge in [-0.2, -0.15) is 0 Å². The van der Waals surface area contributed by atoms with Crippen LogP contribution in [-0.2, 0) is 9.59 Å². The minimum atomic E-state index is -0.993. The minimum absolute atomic E-state index is 0.0326. The zero-order valence-electron chi connectivity index (χ0n) is 11.5. The Morgan fingerprint density at radius 3 is 2.67 bits per heavy atom. The largest absolute Gasteiger partial charge is 0.481 e. The average Bonchev–Trinajstić information content (AvgIpc) is 2.25. The molecule has 1 saturated heterocycles. The molecule has 5 heteroatoms. The highest BCUT2D eigenvalue weighted by Gasteiger charge is 2.30. The van der Waals surface area contributed by atoms with Crippen molar-refractivity contribution in [2.24, 2.45) is 11.3 Å². The molecule has 0 spiro atoms. The summed E-state index contributed by atoms with van der Waals surface area (Å²) in [5, 5.41) is 11.8. The van der Waals surface area contributed by atoms with E-state index in [0.717, 1.165) is 25.9 Å². The Balaban J connectivity index is 2.31. The van der Waals surface area contributed by atoms with E-state index < -0.39 is 11.4 Å². The van der Waals surface area contributed by atoms with E-state index in [1.54, 1.807) is 13.8 Å². The molecule has 104 valence electrons. The Labute approximate surface area is 109 Å². The van der Waals surface area contributed by atoms with Crippen molar-refractivity contribution < 1.29 is 14.7 Å². The first-order valence-corrected chi connectivity index (χ1v) is 6.50. The Hall–Kier alpha value is -1.10. The molecule has 0 aromatic heterocycles. The first-order valence-electron chi connectivity index (χ1n) is 6.50. The Bertz CT molecular complexity index is 315. The van der Waals surface area contributed by atoms with E-state index in [9.17, 15) is 9.59 Å². The maximum absolute atomic E-state index is 11.7. The number of nitrogens with zero attached hydrogens (tertiary/aromatic N) is 1. The summed E-state index contributed by atoms with van der Waals surface area (Å²) in [5.74, 6) is -0.619. The number of piperidine rings is 1. The van der Waals surface area contributed by atoms with Crippen molar-refractivity contribution in [3.63, 3.8) is 0 Å². The van der Waals surface area contributed by atoms with Gasteiger partial charge in [-0.15, -0.1) is 0 Å². The van der Waals surface area contributed by atoms with Crippen LogP contribution in [0.1, 0.15) is 33.1 Å². The van der Waals surface area contributed by atoms with E-state index in [2.05, 4.69) is 17.3 Å². The van der Waals surface area contributed by atoms with Crippen molar-refractivity contribution in [2.45, 2.75) is 33.1 Å². The lowest BCUT2D eigenvalue weighted by Crippen LogP contribution is -2.40. The number of carboxylic acid groups (broad SMARTS) is 1. The van der Waals surface area contributed by atoms with Crippen LogP contribution < -0.4 is 5.32 Å². The fourth-order valence-corrected chi connectivity index (χ4v) is 2.24. The number of carbonyl (C=O) groups excluding carboxylic acids is 1. The second-order valence-electron chi connectivity index (χ2n) is 5.94. The summed E-state index contributed by atoms with van der Waals surface area (Å²) in [5.41, 5.74) is -0.993. The number of aliphatic carboxylic acids is 1. The zero-order chi connectivity index (χ0) is 13.8. The smallest absolute Gasteiger partial charge is 0.309 e. The van der Waals surface area contributed by atoms with Crippen LogP contribution in [0.2, 0.25) is 0 Å². The molecule has 1 unspecified atom stereocenters. The molecule has 0 aromatic rings. The lowest BCUT2D eigenvalue weighted by atomic mass is 9.89. The van der Waals surface area contributed by atoms with Gasteiger partial charge in [0.1, 0.15) is 0 Å². The van der Waals surface area contributed by atoms with E-state index in [4.69, 9.17) is 5.11 Å². The van der Waals surface area contributed by atoms with Gasteiger partial charge in [0.05, 0.1) is 5.41 Å². The maximum atomic E-state index is 11.7. The fourth-order valence-electron chi connectivity index (χ4n) is 2.24. The number of amides is 1. The summed E-state index contributed by atoms with van der Waals surface area (Å²) in [6.45, 7) is 5.92. The van der Waals surface area contributed by atoms with Gasteiger partial charge in [-0.3, -0.25) is 9.59 Å². The van der Waals surface area contributed by atoms with E-state index in [1.165, 1.54) is 0 Å². The third-order valence-corrected chi connectivity index (χ3v) is 3.49. The molecule has 5 nitrogen and oxygen atoms in total. The molecular formula is C13H24N2O3. The normalized spacial score (nSPS) is 21.6. The summed E-state index contributed by atoms with van der Waals surface area (Å²) in [6.07, 6.45) is 2.33. The van der Waals surface area contributed by atoms with Crippen LogP contribution in [0.15, 0.2) is 0 Å². The van der Waals surface area contributed by atoms with E-state index in [0.29, 0.717) is 12.5 Å². The molecule has 18 heavy (non-hydrogen) atoms. The first kappa shape index (κ1) is 15.0. The molecule has 0 aliphatic carbocycles. The molecule has 0 saturated carbocycles. The minimum Gasteiger partial charge on any atom is -0.481 e. The highest BCUT2D eigenvalue weighted by Crippen LogP contribution is 2.20. The first-order chi connectivity index (χ1) is 8.31. The summed E-state index contributed by atoms with van der Waals surface area (Å²) in [4.78, 5) is 24.9. The summed E-state index contributed by atoms with van der Waals surface area (Å²) < 4.78 is 0. The van der Waals surface area contributed by atoms with Crippen LogP contribution in [0.4, 0.5) is 0 Å². The van der Waals surface area contributed by atoms with Crippen LogP contribution in [0.3, 0.4) is 0 Å². The third-order valence-electron chi connectivity index (χ3n) is 3.49. The third kappa shape index (κ3) is 4.64. The number of carbonyl (C=O) groups is 2. The second-order valence-corrected chi connectivity index (χ2v) is 5.94. The highest BCUT2D eigenvalue weighted by atomic mass is 16.4. The summed E-state index contributed by atoms with van der Waals surface area (Å²) in [7, 11) is 2.08. The Kier molecular flexibility index (Phi) is 5.14. The summed E-state index contributed by atoms with van der Waals surface area (Å²) >= 11 is 0. The molecule has 1 aliphatic rings. The highest BCUT2D eigenvalue weighted by molar-refractivity contribution is 5.84. The van der Waals surface area contributed by atoms with Crippen LogP contribution in [0.25, 0.3) is 0 Å². The van der Waals surface area contributed by atoms with Gasteiger partial charge in [0.2, 0.25) is 5.91 Å². The lowest BCUT2D eigenvalue weighted by molar-refractivity contribution is -0.149. The van der Waals surface area contributed by atoms with Gasteiger partial charge in [-0.05, 0) is 46.2 Å². The molecule has 1 atom stereocenters. The maximum Gasteiger partial charge on any atom is 0.309 e. The lowest BCUT2D eigenvalue weighted by Gasteiger charge is -2.30. The number of carboxylic acids is 1. The molecule has 1 heterocycles. The number of rotatable bonds is 5. The molecule has 0 aromatic carbocycles. The molecule has 1 rings (SSSR count). The van der Waals surface area contributed by atoms with Gasteiger partial charge in [0, 0.05) is 19.5 Å². The summed E-state index contributed by atoms with van der Waals surface area (Å²) in [6, 6.07) is 0. The standard InChI is InChI=1S/C13H24N2O3/c1-13(2,12(17)18)7-11(16)14-8-10-5-4-6-15(3)9-10/h10H,4-9H2,1-3H3,(H,14,16)(H,17,18). The van der Waals surface area contributed by atoms with Gasteiger partial charge in [-0.25, -0.2) is 0 Å². The van der Waals surface area contributed by atoms with E-state index in [-0.39, 0.29) is 12.3 Å². The number of likely N-dealkylation sites (tertiary alicyclic amines) is 1. The predicted octanol–water partition coefficient (Wildman–Crippen LogP) is 0.945. The van der Waals surface area contributed by atoms with Crippen molar-refractivity contribution in [2.75, 3.05) is 26.7 Å². The van der Waals surface area contributed by atoms with Crippen LogP contribution in [-0.4, -0.2) is 48.6 Å². The van der Waals surface area contributed by atoms with E-state index in [1.807, 2.05) is 0 Å². The predicted molar refractivity (Wildman–Crippen MR) is 69.3 cm³/mol. The van der Waals surface area contributed by atoms with Gasteiger partial charge in [0.25, 0.3) is 0 Å². The molecule has 1 amide bonds. The van der Waals surface area contributed by atoms with Crippen LogP contribution >= 0.6 is 0 Å². The molecule has 1 aliphatic heterocycles. The van der Waals surface area contributed by atoms with E-state index >= 15 is 0 Å². The van der Waals surface area contributed by atoms with Gasteiger partial charge < -0.3 is 15.3 Å². The van der Waals surface area contributed by atoms with Crippen LogP contribution in [0, 0.1) is 11.3 Å². The Morgan fingerprint density at radius 2 is 2.11 bits per heavy atom. The number of nitrogens with one attached hydrogen (secondary N) is 1. The van der Waals surface area contributed by atoms with Gasteiger partial charge >= 0.3 is 5.97 Å². The SMILES string of the molecule is CN1CCCC(CNC(=O)CC(C)(C)C(=O)O)C1. The molecule has 0 bridgehead atoms.